The predicted molar refractivity (Wildman–Crippen MR) is 79.7 cm³/mol. The first-order chi connectivity index (χ1) is 9.38. The van der Waals surface area contributed by atoms with Gasteiger partial charge >= 0.3 is 0 Å². The fraction of sp³-hybridized carbons (Fsp3) is 0. The maximum absolute atomic E-state index is 9.06. The molecule has 0 atom stereocenters. The minimum atomic E-state index is 0.689. The molecule has 2 aromatic heterocycles. The smallest absolute Gasteiger partial charge is 0.101 e. The van der Waals surface area contributed by atoms with Crippen LogP contribution in [0.1, 0.15) is 16.7 Å². The zero-order valence-electron chi connectivity index (χ0n) is 10.1. The SMILES string of the molecule is N#Cc1ccnc2c(/C=C/c3ccccc3)csc12. The summed E-state index contributed by atoms with van der Waals surface area (Å²) < 4.78 is 0.956. The second kappa shape index (κ2) is 5.05. The number of rotatable bonds is 2. The van der Waals surface area contributed by atoms with E-state index in [0.29, 0.717) is 5.56 Å². The molecule has 0 aliphatic heterocycles. The van der Waals surface area contributed by atoms with Crippen LogP contribution in [-0.4, -0.2) is 4.98 Å². The summed E-state index contributed by atoms with van der Waals surface area (Å²) in [4.78, 5) is 4.37. The molecule has 2 heterocycles. The summed E-state index contributed by atoms with van der Waals surface area (Å²) >= 11 is 1.56. The van der Waals surface area contributed by atoms with Gasteiger partial charge in [-0.1, -0.05) is 42.5 Å². The van der Waals surface area contributed by atoms with Crippen LogP contribution in [0.5, 0.6) is 0 Å². The normalized spacial score (nSPS) is 10.9. The molecule has 0 radical (unpaired) electrons. The lowest BCUT2D eigenvalue weighted by molar-refractivity contribution is 1.40. The van der Waals surface area contributed by atoms with Crippen molar-refractivity contribution in [3.8, 4) is 6.07 Å². The first kappa shape index (κ1) is 11.6. The summed E-state index contributed by atoms with van der Waals surface area (Å²) in [5.41, 5.74) is 3.80. The van der Waals surface area contributed by atoms with Gasteiger partial charge in [0.15, 0.2) is 0 Å². The van der Waals surface area contributed by atoms with Gasteiger partial charge in [-0.3, -0.25) is 4.98 Å². The van der Waals surface area contributed by atoms with Crippen molar-refractivity contribution >= 4 is 33.7 Å². The molecule has 19 heavy (non-hydrogen) atoms. The number of thiophene rings is 1. The highest BCUT2D eigenvalue weighted by Crippen LogP contribution is 2.28. The monoisotopic (exact) mass is 262 g/mol. The summed E-state index contributed by atoms with van der Waals surface area (Å²) in [6.45, 7) is 0. The van der Waals surface area contributed by atoms with Gasteiger partial charge in [-0.05, 0) is 11.6 Å². The van der Waals surface area contributed by atoms with E-state index in [-0.39, 0.29) is 0 Å². The van der Waals surface area contributed by atoms with Crippen LogP contribution >= 0.6 is 11.3 Å². The van der Waals surface area contributed by atoms with Crippen molar-refractivity contribution in [2.24, 2.45) is 0 Å². The highest BCUT2D eigenvalue weighted by molar-refractivity contribution is 7.17. The fourth-order valence-electron chi connectivity index (χ4n) is 1.91. The quantitative estimate of drug-likeness (QED) is 0.689. The van der Waals surface area contributed by atoms with Crippen molar-refractivity contribution in [3.63, 3.8) is 0 Å². The second-order valence-corrected chi connectivity index (χ2v) is 4.96. The molecule has 0 bridgehead atoms. The Balaban J connectivity index is 2.03. The number of aromatic nitrogens is 1. The third-order valence-corrected chi connectivity index (χ3v) is 3.88. The van der Waals surface area contributed by atoms with Gasteiger partial charge in [-0.15, -0.1) is 11.3 Å². The van der Waals surface area contributed by atoms with Gasteiger partial charge in [0.25, 0.3) is 0 Å². The van der Waals surface area contributed by atoms with Crippen molar-refractivity contribution < 1.29 is 0 Å². The molecule has 2 nitrogen and oxygen atoms in total. The maximum Gasteiger partial charge on any atom is 0.101 e. The topological polar surface area (TPSA) is 36.7 Å². The summed E-state index contributed by atoms with van der Waals surface area (Å²) in [7, 11) is 0. The molecule has 3 rings (SSSR count). The third-order valence-electron chi connectivity index (χ3n) is 2.86. The van der Waals surface area contributed by atoms with E-state index in [1.165, 1.54) is 0 Å². The van der Waals surface area contributed by atoms with Crippen LogP contribution < -0.4 is 0 Å². The molecule has 3 heteroatoms. The van der Waals surface area contributed by atoms with E-state index < -0.39 is 0 Å². The summed E-state index contributed by atoms with van der Waals surface area (Å²) in [5.74, 6) is 0. The van der Waals surface area contributed by atoms with Crippen LogP contribution in [0, 0.1) is 11.3 Å². The lowest BCUT2D eigenvalue weighted by Gasteiger charge is -1.94. The van der Waals surface area contributed by atoms with E-state index in [1.807, 2.05) is 29.7 Å². The summed E-state index contributed by atoms with van der Waals surface area (Å²) in [5, 5.41) is 11.1. The number of hydrogen-bond donors (Lipinski definition) is 0. The van der Waals surface area contributed by atoms with Crippen LogP contribution in [0.3, 0.4) is 0 Å². The van der Waals surface area contributed by atoms with Gasteiger partial charge < -0.3 is 0 Å². The number of benzene rings is 1. The van der Waals surface area contributed by atoms with Gasteiger partial charge in [-0.25, -0.2) is 0 Å². The van der Waals surface area contributed by atoms with E-state index in [4.69, 9.17) is 5.26 Å². The second-order valence-electron chi connectivity index (χ2n) is 4.08. The average Bonchev–Trinajstić information content (AvgIpc) is 2.89. The number of nitriles is 1. The summed E-state index contributed by atoms with van der Waals surface area (Å²) in [6, 6.07) is 14.1. The number of pyridine rings is 1. The molecular weight excluding hydrogens is 252 g/mol. The molecule has 0 aliphatic carbocycles. The van der Waals surface area contributed by atoms with E-state index in [2.05, 4.69) is 29.3 Å². The van der Waals surface area contributed by atoms with Crippen molar-refractivity contribution in [1.29, 1.82) is 5.26 Å². The predicted octanol–water partition coefficient (Wildman–Crippen LogP) is 4.34. The highest BCUT2D eigenvalue weighted by atomic mass is 32.1. The first-order valence-corrected chi connectivity index (χ1v) is 6.76. The van der Waals surface area contributed by atoms with Crippen molar-refractivity contribution in [2.75, 3.05) is 0 Å². The van der Waals surface area contributed by atoms with E-state index in [9.17, 15) is 0 Å². The lowest BCUT2D eigenvalue weighted by atomic mass is 10.1. The fourth-order valence-corrected chi connectivity index (χ4v) is 2.87. The number of nitrogens with zero attached hydrogens (tertiary/aromatic N) is 2. The standard InChI is InChI=1S/C16H10N2S/c17-10-13-8-9-18-15-14(11-19-16(13)15)7-6-12-4-2-1-3-5-12/h1-9,11H/b7-6+. The Morgan fingerprint density at radius 2 is 1.95 bits per heavy atom. The third kappa shape index (κ3) is 2.26. The van der Waals surface area contributed by atoms with Crippen LogP contribution in [0.2, 0.25) is 0 Å². The van der Waals surface area contributed by atoms with Gasteiger partial charge in [0, 0.05) is 17.1 Å². The molecule has 0 amide bonds. The molecule has 0 aliphatic rings. The Labute approximate surface area is 115 Å². The van der Waals surface area contributed by atoms with Crippen molar-refractivity contribution in [3.05, 3.63) is 64.7 Å². The van der Waals surface area contributed by atoms with Crippen molar-refractivity contribution in [2.45, 2.75) is 0 Å². The number of fused-ring (bicyclic) bond motifs is 1. The maximum atomic E-state index is 9.06. The Morgan fingerprint density at radius 3 is 2.74 bits per heavy atom. The number of hydrogen-bond acceptors (Lipinski definition) is 3. The molecule has 0 fully saturated rings. The van der Waals surface area contributed by atoms with Gasteiger partial charge in [0.05, 0.1) is 15.8 Å². The lowest BCUT2D eigenvalue weighted by Crippen LogP contribution is -1.79. The van der Waals surface area contributed by atoms with Gasteiger partial charge in [0.1, 0.15) is 6.07 Å². The summed E-state index contributed by atoms with van der Waals surface area (Å²) in [6.07, 6.45) is 5.79. The highest BCUT2D eigenvalue weighted by Gasteiger charge is 2.06. The largest absolute Gasteiger partial charge is 0.255 e. The Bertz CT molecular complexity index is 779. The minimum Gasteiger partial charge on any atom is -0.255 e. The molecule has 0 N–H and O–H groups in total. The average molecular weight is 262 g/mol. The molecule has 0 spiro atoms. The Hall–Kier alpha value is -2.44. The van der Waals surface area contributed by atoms with Gasteiger partial charge in [0.2, 0.25) is 0 Å². The van der Waals surface area contributed by atoms with Crippen LogP contribution in [-0.2, 0) is 0 Å². The molecule has 0 saturated carbocycles. The van der Waals surface area contributed by atoms with E-state index in [1.54, 1.807) is 23.6 Å². The van der Waals surface area contributed by atoms with Gasteiger partial charge in [-0.2, -0.15) is 5.26 Å². The van der Waals surface area contributed by atoms with Crippen LogP contribution in [0.4, 0.5) is 0 Å². The Kier molecular flexibility index (Phi) is 3.09. The van der Waals surface area contributed by atoms with Crippen LogP contribution in [0.15, 0.2) is 48.0 Å². The zero-order valence-corrected chi connectivity index (χ0v) is 10.9. The minimum absolute atomic E-state index is 0.689. The Morgan fingerprint density at radius 1 is 1.11 bits per heavy atom. The van der Waals surface area contributed by atoms with Crippen LogP contribution in [0.25, 0.3) is 22.4 Å². The molecule has 1 aromatic carbocycles. The molecule has 0 unspecified atom stereocenters. The molecular formula is C16H10N2S. The van der Waals surface area contributed by atoms with Crippen molar-refractivity contribution in [1.82, 2.24) is 4.98 Å². The molecule has 0 saturated heterocycles. The van der Waals surface area contributed by atoms with E-state index >= 15 is 0 Å². The first-order valence-electron chi connectivity index (χ1n) is 5.88. The van der Waals surface area contributed by atoms with E-state index in [0.717, 1.165) is 21.3 Å². The molecule has 90 valence electrons. The molecule has 3 aromatic rings. The zero-order chi connectivity index (χ0) is 13.1.